The molecule has 12 heteroatoms. The van der Waals surface area contributed by atoms with Crippen molar-refractivity contribution < 1.29 is 37.1 Å². The van der Waals surface area contributed by atoms with Crippen LogP contribution in [0.4, 0.5) is 30.2 Å². The minimum absolute atomic E-state index is 0.0236. The van der Waals surface area contributed by atoms with Crippen molar-refractivity contribution in [1.82, 2.24) is 0 Å². The highest BCUT2D eigenvalue weighted by molar-refractivity contribution is 6.53. The maximum atomic E-state index is 13.3. The highest BCUT2D eigenvalue weighted by Gasteiger charge is 2.39. The first-order valence-corrected chi connectivity index (χ1v) is 11.8. The van der Waals surface area contributed by atoms with Crippen LogP contribution in [0.25, 0.3) is 0 Å². The second kappa shape index (κ2) is 11.0. The number of hydrogen-bond donors (Lipinski definition) is 2. The van der Waals surface area contributed by atoms with Crippen LogP contribution in [0, 0.1) is 0 Å². The number of hydrogen-bond acceptors (Lipinski definition) is 6. The Hall–Kier alpha value is -4.64. The van der Waals surface area contributed by atoms with Gasteiger partial charge in [-0.05, 0) is 55.5 Å². The van der Waals surface area contributed by atoms with Gasteiger partial charge in [-0.2, -0.15) is 13.2 Å². The summed E-state index contributed by atoms with van der Waals surface area (Å²) in [6, 6.07) is 15.8. The lowest BCUT2D eigenvalue weighted by atomic mass is 10.1. The molecular formula is C27H19ClF3N3O5. The molecule has 4 rings (SSSR count). The van der Waals surface area contributed by atoms with E-state index in [0.717, 1.165) is 17.0 Å². The number of esters is 1. The molecule has 0 bridgehead atoms. The molecule has 0 saturated heterocycles. The third-order valence-electron chi connectivity index (χ3n) is 5.52. The van der Waals surface area contributed by atoms with Gasteiger partial charge in [0.15, 0.2) is 0 Å². The third-order valence-corrected chi connectivity index (χ3v) is 5.87. The molecule has 1 aliphatic rings. The van der Waals surface area contributed by atoms with Gasteiger partial charge < -0.3 is 15.4 Å². The van der Waals surface area contributed by atoms with Crippen LogP contribution in [-0.2, 0) is 20.5 Å². The second-order valence-electron chi connectivity index (χ2n) is 8.11. The van der Waals surface area contributed by atoms with E-state index >= 15 is 0 Å². The maximum Gasteiger partial charge on any atom is 0.418 e. The molecule has 0 fully saturated rings. The minimum Gasteiger partial charge on any atom is -0.462 e. The molecule has 200 valence electrons. The Morgan fingerprint density at radius 1 is 0.923 bits per heavy atom. The molecule has 0 aromatic heterocycles. The van der Waals surface area contributed by atoms with E-state index in [1.54, 1.807) is 6.92 Å². The van der Waals surface area contributed by atoms with Crippen molar-refractivity contribution in [2.24, 2.45) is 0 Å². The Morgan fingerprint density at radius 3 is 2.33 bits per heavy atom. The molecule has 3 aromatic rings. The number of nitrogens with one attached hydrogen (secondary N) is 2. The Bertz CT molecular complexity index is 1520. The summed E-state index contributed by atoms with van der Waals surface area (Å²) in [6.07, 6.45) is -4.67. The number of benzene rings is 3. The normalized spacial score (nSPS) is 13.5. The Labute approximate surface area is 225 Å². The van der Waals surface area contributed by atoms with Gasteiger partial charge in [-0.15, -0.1) is 0 Å². The fraction of sp³-hybridized carbons (Fsp3) is 0.111. The van der Waals surface area contributed by atoms with Crippen molar-refractivity contribution in [3.63, 3.8) is 0 Å². The SMILES string of the molecule is CCOC(=O)c1cccc(N2C(=O)C(Cl)=C(Nc3cccc(C(=O)Nc4ccccc4C(F)(F)F)c3)C2=O)c1. The molecular weight excluding hydrogens is 539 g/mol. The predicted molar refractivity (Wildman–Crippen MR) is 137 cm³/mol. The van der Waals surface area contributed by atoms with Crippen molar-refractivity contribution in [2.45, 2.75) is 13.1 Å². The molecule has 0 unspecified atom stereocenters. The van der Waals surface area contributed by atoms with E-state index in [2.05, 4.69) is 10.6 Å². The zero-order chi connectivity index (χ0) is 28.3. The van der Waals surface area contributed by atoms with Crippen LogP contribution < -0.4 is 15.5 Å². The lowest BCUT2D eigenvalue weighted by Crippen LogP contribution is -2.32. The molecule has 0 spiro atoms. The van der Waals surface area contributed by atoms with Crippen LogP contribution in [0.1, 0.15) is 33.2 Å². The predicted octanol–water partition coefficient (Wildman–Crippen LogP) is 5.57. The summed E-state index contributed by atoms with van der Waals surface area (Å²) >= 11 is 6.17. The van der Waals surface area contributed by atoms with Crippen LogP contribution in [0.5, 0.6) is 0 Å². The van der Waals surface area contributed by atoms with Gasteiger partial charge in [0.2, 0.25) is 0 Å². The lowest BCUT2D eigenvalue weighted by molar-refractivity contribution is -0.137. The first-order chi connectivity index (χ1) is 18.5. The number of carbonyl (C=O) groups is 4. The van der Waals surface area contributed by atoms with Crippen molar-refractivity contribution in [1.29, 1.82) is 0 Å². The second-order valence-corrected chi connectivity index (χ2v) is 8.49. The van der Waals surface area contributed by atoms with E-state index < -0.39 is 46.2 Å². The van der Waals surface area contributed by atoms with Gasteiger partial charge in [0.05, 0.1) is 29.1 Å². The zero-order valence-electron chi connectivity index (χ0n) is 20.1. The first kappa shape index (κ1) is 27.4. The molecule has 8 nitrogen and oxygen atoms in total. The van der Waals surface area contributed by atoms with Crippen molar-refractivity contribution >= 4 is 52.4 Å². The number of para-hydroxylation sites is 1. The number of amides is 3. The highest BCUT2D eigenvalue weighted by atomic mass is 35.5. The quantitative estimate of drug-likeness (QED) is 0.291. The number of anilines is 3. The van der Waals surface area contributed by atoms with Crippen LogP contribution in [0.2, 0.25) is 0 Å². The average molecular weight is 558 g/mol. The molecule has 1 aliphatic heterocycles. The van der Waals surface area contributed by atoms with Gasteiger partial charge in [-0.1, -0.05) is 35.9 Å². The molecule has 3 amide bonds. The van der Waals surface area contributed by atoms with E-state index in [-0.39, 0.29) is 34.8 Å². The molecule has 2 N–H and O–H groups in total. The van der Waals surface area contributed by atoms with Crippen molar-refractivity contribution in [2.75, 3.05) is 22.1 Å². The number of imide groups is 1. The monoisotopic (exact) mass is 557 g/mol. The molecule has 0 atom stereocenters. The fourth-order valence-corrected chi connectivity index (χ4v) is 3.96. The molecule has 3 aromatic carbocycles. The lowest BCUT2D eigenvalue weighted by Gasteiger charge is -2.16. The smallest absolute Gasteiger partial charge is 0.418 e. The van der Waals surface area contributed by atoms with Crippen LogP contribution >= 0.6 is 11.6 Å². The van der Waals surface area contributed by atoms with Crippen LogP contribution in [0.3, 0.4) is 0 Å². The molecule has 39 heavy (non-hydrogen) atoms. The van der Waals surface area contributed by atoms with E-state index in [4.69, 9.17) is 16.3 Å². The number of alkyl halides is 3. The molecule has 0 saturated carbocycles. The van der Waals surface area contributed by atoms with Gasteiger partial charge in [-0.25, -0.2) is 9.69 Å². The number of halogens is 4. The standard InChI is InChI=1S/C27H19ClF3N3O5/c1-2-39-26(38)16-8-6-10-18(14-16)34-24(36)21(28)22(25(34)37)32-17-9-5-7-15(13-17)23(35)33-20-12-4-3-11-19(20)27(29,30)31/h3-14,32H,2H2,1H3,(H,33,35). The van der Waals surface area contributed by atoms with Gasteiger partial charge >= 0.3 is 12.1 Å². The number of nitrogens with zero attached hydrogens (tertiary/aromatic N) is 1. The fourth-order valence-electron chi connectivity index (χ4n) is 3.75. The summed E-state index contributed by atoms with van der Waals surface area (Å²) in [4.78, 5) is 51.5. The van der Waals surface area contributed by atoms with Crippen molar-refractivity contribution in [3.8, 4) is 0 Å². The Kier molecular flexibility index (Phi) is 7.73. The molecule has 0 radical (unpaired) electrons. The Morgan fingerprint density at radius 2 is 1.62 bits per heavy atom. The van der Waals surface area contributed by atoms with Gasteiger partial charge in [0, 0.05) is 11.3 Å². The van der Waals surface area contributed by atoms with E-state index in [1.807, 2.05) is 0 Å². The topological polar surface area (TPSA) is 105 Å². The Balaban J connectivity index is 1.55. The van der Waals surface area contributed by atoms with Gasteiger partial charge in [0.1, 0.15) is 10.7 Å². The summed E-state index contributed by atoms with van der Waals surface area (Å²) in [5, 5.41) is 4.51. The highest BCUT2D eigenvalue weighted by Crippen LogP contribution is 2.35. The maximum absolute atomic E-state index is 13.3. The number of rotatable bonds is 7. The minimum atomic E-state index is -4.67. The van der Waals surface area contributed by atoms with E-state index in [0.29, 0.717) is 0 Å². The summed E-state index contributed by atoms with van der Waals surface area (Å²) in [5.74, 6) is -3.13. The average Bonchev–Trinajstić information content (AvgIpc) is 3.11. The molecule has 0 aliphatic carbocycles. The number of carbonyl (C=O) groups excluding carboxylic acids is 4. The largest absolute Gasteiger partial charge is 0.462 e. The van der Waals surface area contributed by atoms with Crippen LogP contribution in [0.15, 0.2) is 83.5 Å². The van der Waals surface area contributed by atoms with Gasteiger partial charge in [0.25, 0.3) is 17.7 Å². The van der Waals surface area contributed by atoms with E-state index in [9.17, 15) is 32.3 Å². The zero-order valence-corrected chi connectivity index (χ0v) is 20.9. The van der Waals surface area contributed by atoms with Crippen LogP contribution in [-0.4, -0.2) is 30.3 Å². The summed E-state index contributed by atoms with van der Waals surface area (Å²) < 4.78 is 44.8. The summed E-state index contributed by atoms with van der Waals surface area (Å²) in [7, 11) is 0. The number of ether oxygens (including phenoxy) is 1. The van der Waals surface area contributed by atoms with Gasteiger partial charge in [-0.3, -0.25) is 14.4 Å². The summed E-state index contributed by atoms with van der Waals surface area (Å²) in [6.45, 7) is 1.77. The third kappa shape index (κ3) is 5.78. The first-order valence-electron chi connectivity index (χ1n) is 11.4. The molecule has 1 heterocycles. The van der Waals surface area contributed by atoms with Crippen molar-refractivity contribution in [3.05, 3.63) is 100 Å². The van der Waals surface area contributed by atoms with E-state index in [1.165, 1.54) is 60.7 Å². The summed E-state index contributed by atoms with van der Waals surface area (Å²) in [5.41, 5.74) is -1.36.